The van der Waals surface area contributed by atoms with Crippen molar-refractivity contribution in [3.05, 3.63) is 65.7 Å². The molecule has 0 aromatic heterocycles. The number of benzene rings is 2. The zero-order valence-corrected chi connectivity index (χ0v) is 23.5. The number of rotatable bonds is 12. The average Bonchev–Trinajstić information content (AvgIpc) is 2.89. The van der Waals surface area contributed by atoms with Crippen LogP contribution in [-0.4, -0.2) is 49.0 Å². The molecule has 2 rings (SSSR count). The van der Waals surface area contributed by atoms with Gasteiger partial charge in [0.2, 0.25) is 12.7 Å². The molecule has 0 saturated heterocycles. The van der Waals surface area contributed by atoms with Gasteiger partial charge in [-0.3, -0.25) is 0 Å². The zero-order valence-electron chi connectivity index (χ0n) is 23.5. The van der Waals surface area contributed by atoms with Crippen LogP contribution >= 0.6 is 0 Å². The fourth-order valence-electron chi connectivity index (χ4n) is 3.09. The number of carbonyl (C=O) groups excluding carboxylic acids is 3. The Kier molecular flexibility index (Phi) is 12.1. The Morgan fingerprint density at radius 1 is 0.750 bits per heavy atom. The summed E-state index contributed by atoms with van der Waals surface area (Å²) in [6.07, 6.45) is -2.87. The molecular weight excluding hydrogens is 522 g/mol. The number of hydrazine groups is 1. The van der Waals surface area contributed by atoms with Crippen molar-refractivity contribution in [3.8, 4) is 16.9 Å². The maximum Gasteiger partial charge on any atom is 0.511 e. The molecule has 0 amide bonds. The Bertz CT molecular complexity index is 1160. The highest BCUT2D eigenvalue weighted by Gasteiger charge is 2.23. The van der Waals surface area contributed by atoms with Crippen LogP contribution in [0.5, 0.6) is 5.75 Å². The SMILES string of the molecule is CC(C)OC(=O)OCOC(=O)/C(N)=C(\Oc1ccc(-c2ccc(C(C)C)cc2)cc1)N(N)COC(=O)OC(C)C. The first-order valence-electron chi connectivity index (χ1n) is 12.6. The lowest BCUT2D eigenvalue weighted by molar-refractivity contribution is -0.149. The molecule has 12 nitrogen and oxygen atoms in total. The predicted octanol–water partition coefficient (Wildman–Crippen LogP) is 4.74. The highest BCUT2D eigenvalue weighted by Crippen LogP contribution is 2.26. The van der Waals surface area contributed by atoms with Gasteiger partial charge in [0.1, 0.15) is 5.75 Å². The molecule has 0 aliphatic carbocycles. The molecule has 0 saturated carbocycles. The minimum absolute atomic E-state index is 0.269. The number of nitrogens with zero attached hydrogens (tertiary/aromatic N) is 1. The highest BCUT2D eigenvalue weighted by molar-refractivity contribution is 5.87. The maximum absolute atomic E-state index is 12.5. The predicted molar refractivity (Wildman–Crippen MR) is 145 cm³/mol. The molecule has 40 heavy (non-hydrogen) atoms. The second-order valence-corrected chi connectivity index (χ2v) is 9.39. The van der Waals surface area contributed by atoms with Crippen molar-refractivity contribution >= 4 is 18.3 Å². The van der Waals surface area contributed by atoms with Gasteiger partial charge in [-0.1, -0.05) is 50.2 Å². The number of hydrogen-bond acceptors (Lipinski definition) is 12. The van der Waals surface area contributed by atoms with Gasteiger partial charge in [-0.25, -0.2) is 25.2 Å². The fourth-order valence-corrected chi connectivity index (χ4v) is 3.09. The molecule has 0 radical (unpaired) electrons. The van der Waals surface area contributed by atoms with Gasteiger partial charge in [0.15, 0.2) is 12.4 Å². The van der Waals surface area contributed by atoms with Crippen LogP contribution < -0.4 is 16.3 Å². The van der Waals surface area contributed by atoms with Crippen molar-refractivity contribution < 1.29 is 42.8 Å². The van der Waals surface area contributed by atoms with E-state index in [0.717, 1.165) is 16.1 Å². The first kappa shape index (κ1) is 31.8. The van der Waals surface area contributed by atoms with E-state index in [9.17, 15) is 14.4 Å². The summed E-state index contributed by atoms with van der Waals surface area (Å²) in [6.45, 7) is 9.44. The highest BCUT2D eigenvalue weighted by atomic mass is 16.8. The van der Waals surface area contributed by atoms with E-state index in [1.54, 1.807) is 39.8 Å². The number of nitrogens with two attached hydrogens (primary N) is 2. The zero-order chi connectivity index (χ0) is 29.8. The van der Waals surface area contributed by atoms with Gasteiger partial charge in [0, 0.05) is 0 Å². The first-order valence-corrected chi connectivity index (χ1v) is 12.6. The van der Waals surface area contributed by atoms with E-state index in [0.29, 0.717) is 5.92 Å². The molecule has 0 atom stereocenters. The molecule has 2 aromatic carbocycles. The third-order valence-corrected chi connectivity index (χ3v) is 5.04. The van der Waals surface area contributed by atoms with Gasteiger partial charge >= 0.3 is 18.3 Å². The van der Waals surface area contributed by atoms with Gasteiger partial charge in [0.25, 0.3) is 0 Å². The normalized spacial score (nSPS) is 11.6. The number of hydrogen-bond donors (Lipinski definition) is 2. The van der Waals surface area contributed by atoms with Crippen LogP contribution in [-0.2, 0) is 28.5 Å². The molecular formula is C28H37N3O9. The second kappa shape index (κ2) is 15.2. The lowest BCUT2D eigenvalue weighted by Gasteiger charge is -2.23. The molecule has 0 spiro atoms. The fraction of sp³-hybridized carbons (Fsp3) is 0.393. The van der Waals surface area contributed by atoms with Crippen LogP contribution in [0.1, 0.15) is 53.0 Å². The second-order valence-electron chi connectivity index (χ2n) is 9.39. The Balaban J connectivity index is 2.20. The summed E-state index contributed by atoms with van der Waals surface area (Å²) in [5.41, 5.74) is 8.54. The van der Waals surface area contributed by atoms with Crippen molar-refractivity contribution in [2.24, 2.45) is 11.6 Å². The molecule has 0 unspecified atom stereocenters. The molecule has 2 aromatic rings. The van der Waals surface area contributed by atoms with Crippen molar-refractivity contribution in [1.82, 2.24) is 5.01 Å². The van der Waals surface area contributed by atoms with Crippen LogP contribution in [0.25, 0.3) is 11.1 Å². The number of esters is 1. The Hall–Kier alpha value is -4.45. The van der Waals surface area contributed by atoms with Gasteiger partial charge in [0.05, 0.1) is 12.2 Å². The van der Waals surface area contributed by atoms with Crippen LogP contribution in [0.15, 0.2) is 60.1 Å². The molecule has 12 heteroatoms. The van der Waals surface area contributed by atoms with Crippen LogP contribution in [0.2, 0.25) is 0 Å². The minimum Gasteiger partial charge on any atom is -0.437 e. The summed E-state index contributed by atoms with van der Waals surface area (Å²) in [5, 5.41) is 0.782. The molecule has 0 aliphatic rings. The molecule has 0 bridgehead atoms. The lowest BCUT2D eigenvalue weighted by atomic mass is 9.99. The molecule has 4 N–H and O–H groups in total. The molecule has 0 heterocycles. The molecule has 218 valence electrons. The number of carbonyl (C=O) groups is 3. The third-order valence-electron chi connectivity index (χ3n) is 5.04. The summed E-state index contributed by atoms with van der Waals surface area (Å²) in [7, 11) is 0. The van der Waals surface area contributed by atoms with Crippen molar-refractivity contribution in [3.63, 3.8) is 0 Å². The van der Waals surface area contributed by atoms with E-state index in [1.165, 1.54) is 5.56 Å². The van der Waals surface area contributed by atoms with E-state index in [-0.39, 0.29) is 11.6 Å². The van der Waals surface area contributed by atoms with E-state index >= 15 is 0 Å². The monoisotopic (exact) mass is 559 g/mol. The van der Waals surface area contributed by atoms with Gasteiger partial charge in [-0.05, 0) is 62.4 Å². The van der Waals surface area contributed by atoms with E-state index < -0.39 is 49.7 Å². The van der Waals surface area contributed by atoms with Gasteiger partial charge < -0.3 is 34.2 Å². The summed E-state index contributed by atoms with van der Waals surface area (Å²) < 4.78 is 30.0. The van der Waals surface area contributed by atoms with E-state index in [2.05, 4.69) is 30.7 Å². The third kappa shape index (κ3) is 10.4. The Morgan fingerprint density at radius 3 is 1.75 bits per heavy atom. The molecule has 0 fully saturated rings. The topological polar surface area (TPSA) is 162 Å². The Morgan fingerprint density at radius 2 is 1.25 bits per heavy atom. The summed E-state index contributed by atoms with van der Waals surface area (Å²) >= 11 is 0. The molecule has 0 aliphatic heterocycles. The van der Waals surface area contributed by atoms with Crippen molar-refractivity contribution in [2.45, 2.75) is 59.7 Å². The van der Waals surface area contributed by atoms with E-state index in [4.69, 9.17) is 35.3 Å². The first-order chi connectivity index (χ1) is 18.9. The maximum atomic E-state index is 12.5. The minimum atomic E-state index is -1.12. The standard InChI is InChI=1S/C28H37N3O9/c1-17(2)20-7-9-21(10-8-20)22-11-13-23(14-12-22)40-25(31(30)15-35-27(33)38-18(3)4)24(29)26(32)36-16-37-28(34)39-19(5)6/h7-14,17-19H,15-16,29-30H2,1-6H3/b25-24+. The van der Waals surface area contributed by atoms with Gasteiger partial charge in [-0.2, -0.15) is 0 Å². The van der Waals surface area contributed by atoms with Gasteiger partial charge in [-0.15, -0.1) is 0 Å². The van der Waals surface area contributed by atoms with E-state index in [1.807, 2.05) is 24.3 Å². The lowest BCUT2D eigenvalue weighted by Crippen LogP contribution is -2.39. The summed E-state index contributed by atoms with van der Waals surface area (Å²) in [4.78, 5) is 35.8. The number of ether oxygens (including phenoxy) is 6. The Labute approximate surface area is 233 Å². The van der Waals surface area contributed by atoms with Crippen molar-refractivity contribution in [1.29, 1.82) is 0 Å². The smallest absolute Gasteiger partial charge is 0.437 e. The van der Waals surface area contributed by atoms with Crippen LogP contribution in [0.3, 0.4) is 0 Å². The van der Waals surface area contributed by atoms with Crippen LogP contribution in [0.4, 0.5) is 9.59 Å². The van der Waals surface area contributed by atoms with Crippen LogP contribution in [0, 0.1) is 0 Å². The summed E-state index contributed by atoms with van der Waals surface area (Å²) in [6, 6.07) is 15.1. The largest absolute Gasteiger partial charge is 0.511 e. The summed E-state index contributed by atoms with van der Waals surface area (Å²) in [5.74, 6) is 5.18. The van der Waals surface area contributed by atoms with Crippen molar-refractivity contribution in [2.75, 3.05) is 13.5 Å². The average molecular weight is 560 g/mol. The quantitative estimate of drug-likeness (QED) is 0.0699.